The molecule has 1 aromatic rings. The van der Waals surface area contributed by atoms with Gasteiger partial charge >= 0.3 is 5.69 Å². The number of ether oxygens (including phenoxy) is 1. The summed E-state index contributed by atoms with van der Waals surface area (Å²) in [5.41, 5.74) is -0.116. The van der Waals surface area contributed by atoms with Crippen molar-refractivity contribution in [3.05, 3.63) is 22.2 Å². The van der Waals surface area contributed by atoms with E-state index in [2.05, 4.69) is 42.9 Å². The third-order valence-electron chi connectivity index (χ3n) is 3.21. The largest absolute Gasteiger partial charge is 0.471 e. The molecule has 0 amide bonds. The zero-order chi connectivity index (χ0) is 16.0. The average molecular weight is 296 g/mol. The number of hydrogen-bond donors (Lipinski definition) is 1. The van der Waals surface area contributed by atoms with Gasteiger partial charge in [0.05, 0.1) is 4.92 Å². The second-order valence-electron chi connectivity index (χ2n) is 5.30. The average Bonchev–Trinajstić information content (AvgIpc) is 2.42. The van der Waals surface area contributed by atoms with E-state index in [-0.39, 0.29) is 11.6 Å². The van der Waals surface area contributed by atoms with Crippen molar-refractivity contribution in [2.75, 3.05) is 25.5 Å². The first kappa shape index (κ1) is 17.2. The quantitative estimate of drug-likeness (QED) is 0.586. The van der Waals surface area contributed by atoms with Gasteiger partial charge in [0.1, 0.15) is 12.4 Å². The van der Waals surface area contributed by atoms with Gasteiger partial charge in [-0.05, 0) is 33.8 Å². The van der Waals surface area contributed by atoms with Gasteiger partial charge in [0.2, 0.25) is 0 Å². The van der Waals surface area contributed by atoms with Gasteiger partial charge in [0.25, 0.3) is 5.88 Å². The van der Waals surface area contributed by atoms with Crippen LogP contribution in [0, 0.1) is 10.1 Å². The van der Waals surface area contributed by atoms with Crippen molar-refractivity contribution < 1.29 is 9.66 Å². The van der Waals surface area contributed by atoms with E-state index in [4.69, 9.17) is 4.74 Å². The highest BCUT2D eigenvalue weighted by molar-refractivity contribution is 5.48. The monoisotopic (exact) mass is 296 g/mol. The Morgan fingerprint density at radius 1 is 1.33 bits per heavy atom. The Balaban J connectivity index is 2.75. The topological polar surface area (TPSA) is 80.5 Å². The van der Waals surface area contributed by atoms with Gasteiger partial charge in [-0.1, -0.05) is 0 Å². The highest BCUT2D eigenvalue weighted by Crippen LogP contribution is 2.26. The van der Waals surface area contributed by atoms with E-state index >= 15 is 0 Å². The zero-order valence-electron chi connectivity index (χ0n) is 13.3. The van der Waals surface area contributed by atoms with Crippen LogP contribution in [0.15, 0.2) is 12.1 Å². The smallest absolute Gasteiger partial charge is 0.331 e. The number of rotatable bonds is 8. The Morgan fingerprint density at radius 3 is 2.43 bits per heavy atom. The molecule has 0 bridgehead atoms. The highest BCUT2D eigenvalue weighted by atomic mass is 16.6. The van der Waals surface area contributed by atoms with E-state index < -0.39 is 4.92 Å². The summed E-state index contributed by atoms with van der Waals surface area (Å²) in [6.45, 7) is 9.50. The lowest BCUT2D eigenvalue weighted by molar-refractivity contribution is -0.386. The summed E-state index contributed by atoms with van der Waals surface area (Å²) in [4.78, 5) is 16.9. The summed E-state index contributed by atoms with van der Waals surface area (Å²) in [5.74, 6) is 0.597. The molecule has 0 atom stereocenters. The molecule has 0 aliphatic rings. The molecule has 0 aliphatic heterocycles. The second kappa shape index (κ2) is 7.78. The van der Waals surface area contributed by atoms with Gasteiger partial charge in [-0.2, -0.15) is 4.98 Å². The fourth-order valence-corrected chi connectivity index (χ4v) is 2.18. The van der Waals surface area contributed by atoms with E-state index in [1.807, 2.05) is 0 Å². The Kier molecular flexibility index (Phi) is 6.36. The Bertz CT molecular complexity index is 469. The third kappa shape index (κ3) is 4.86. The number of nitrogens with zero attached hydrogens (tertiary/aromatic N) is 3. The predicted octanol–water partition coefficient (Wildman–Crippen LogP) is 2.53. The van der Waals surface area contributed by atoms with E-state index in [0.717, 1.165) is 0 Å². The van der Waals surface area contributed by atoms with Gasteiger partial charge in [-0.25, -0.2) is 0 Å². The van der Waals surface area contributed by atoms with Crippen LogP contribution in [0.2, 0.25) is 0 Å². The standard InChI is InChI=1S/C14H24N4O3/c1-10(2)17(11(3)4)8-9-21-14-12(18(19)20)6-7-13(15-5)16-14/h6-7,10-11H,8-9H2,1-5H3,(H,15,16). The third-order valence-corrected chi connectivity index (χ3v) is 3.21. The molecular formula is C14H24N4O3. The SMILES string of the molecule is CNc1ccc([N+](=O)[O-])c(OCCN(C(C)C)C(C)C)n1. The van der Waals surface area contributed by atoms with Crippen molar-refractivity contribution in [1.82, 2.24) is 9.88 Å². The summed E-state index contributed by atoms with van der Waals surface area (Å²) in [7, 11) is 1.71. The Morgan fingerprint density at radius 2 is 1.95 bits per heavy atom. The first-order chi connectivity index (χ1) is 9.86. The van der Waals surface area contributed by atoms with Gasteiger partial charge in [0.15, 0.2) is 0 Å². The minimum atomic E-state index is -0.482. The van der Waals surface area contributed by atoms with Crippen LogP contribution in [0.4, 0.5) is 11.5 Å². The molecule has 0 spiro atoms. The summed E-state index contributed by atoms with van der Waals surface area (Å²) >= 11 is 0. The number of nitro groups is 1. The number of nitrogens with one attached hydrogen (secondary N) is 1. The molecule has 0 radical (unpaired) electrons. The van der Waals surface area contributed by atoms with E-state index in [1.54, 1.807) is 13.1 Å². The normalized spacial score (nSPS) is 11.2. The summed E-state index contributed by atoms with van der Waals surface area (Å²) < 4.78 is 5.54. The molecule has 1 aromatic heterocycles. The van der Waals surface area contributed by atoms with Gasteiger partial charge in [-0.3, -0.25) is 15.0 Å². The van der Waals surface area contributed by atoms with E-state index in [9.17, 15) is 10.1 Å². The number of anilines is 1. The number of pyridine rings is 1. The van der Waals surface area contributed by atoms with Crippen molar-refractivity contribution in [3.63, 3.8) is 0 Å². The molecule has 0 saturated carbocycles. The Labute approximate surface area is 125 Å². The van der Waals surface area contributed by atoms with Crippen LogP contribution in [0.1, 0.15) is 27.7 Å². The van der Waals surface area contributed by atoms with Crippen LogP contribution in [-0.4, -0.2) is 47.1 Å². The van der Waals surface area contributed by atoms with E-state index in [0.29, 0.717) is 31.1 Å². The zero-order valence-corrected chi connectivity index (χ0v) is 13.3. The lowest BCUT2D eigenvalue weighted by atomic mass is 10.2. The highest BCUT2D eigenvalue weighted by Gasteiger charge is 2.19. The lowest BCUT2D eigenvalue weighted by Crippen LogP contribution is -2.39. The van der Waals surface area contributed by atoms with Crippen LogP contribution >= 0.6 is 0 Å². The van der Waals surface area contributed by atoms with Gasteiger partial charge < -0.3 is 10.1 Å². The van der Waals surface area contributed by atoms with Crippen LogP contribution < -0.4 is 10.1 Å². The maximum absolute atomic E-state index is 11.0. The summed E-state index contributed by atoms with van der Waals surface area (Å²) in [6.07, 6.45) is 0. The first-order valence-electron chi connectivity index (χ1n) is 7.08. The molecule has 1 heterocycles. The number of aromatic nitrogens is 1. The minimum Gasteiger partial charge on any atom is -0.471 e. The molecule has 7 nitrogen and oxygen atoms in total. The fourth-order valence-electron chi connectivity index (χ4n) is 2.18. The Hall–Kier alpha value is -1.89. The second-order valence-corrected chi connectivity index (χ2v) is 5.30. The summed E-state index contributed by atoms with van der Waals surface area (Å²) in [6, 6.07) is 3.73. The first-order valence-corrected chi connectivity index (χ1v) is 7.08. The molecule has 7 heteroatoms. The van der Waals surface area contributed by atoms with Crippen molar-refractivity contribution in [3.8, 4) is 5.88 Å². The molecule has 1 N–H and O–H groups in total. The molecule has 0 fully saturated rings. The predicted molar refractivity (Wildman–Crippen MR) is 82.9 cm³/mol. The molecule has 1 rings (SSSR count). The molecule has 118 valence electrons. The molecule has 0 aliphatic carbocycles. The fraction of sp³-hybridized carbons (Fsp3) is 0.643. The molecule has 21 heavy (non-hydrogen) atoms. The minimum absolute atomic E-state index is 0.0549. The molecular weight excluding hydrogens is 272 g/mol. The van der Waals surface area contributed by atoms with Gasteiger partial charge in [0, 0.05) is 31.7 Å². The maximum Gasteiger partial charge on any atom is 0.331 e. The molecule has 0 aromatic carbocycles. The number of hydrogen-bond acceptors (Lipinski definition) is 6. The van der Waals surface area contributed by atoms with Gasteiger partial charge in [-0.15, -0.1) is 0 Å². The maximum atomic E-state index is 11.0. The summed E-state index contributed by atoms with van der Waals surface area (Å²) in [5, 5.41) is 13.8. The van der Waals surface area contributed by atoms with Crippen molar-refractivity contribution in [2.24, 2.45) is 0 Å². The van der Waals surface area contributed by atoms with E-state index in [1.165, 1.54) is 6.07 Å². The van der Waals surface area contributed by atoms with Crippen LogP contribution in [0.3, 0.4) is 0 Å². The molecule has 0 unspecified atom stereocenters. The van der Waals surface area contributed by atoms with Crippen LogP contribution in [0.5, 0.6) is 5.88 Å². The molecule has 0 saturated heterocycles. The van der Waals surface area contributed by atoms with Crippen molar-refractivity contribution >= 4 is 11.5 Å². The lowest BCUT2D eigenvalue weighted by Gasteiger charge is -2.30. The van der Waals surface area contributed by atoms with Crippen LogP contribution in [-0.2, 0) is 0 Å². The van der Waals surface area contributed by atoms with Crippen LogP contribution in [0.25, 0.3) is 0 Å². The van der Waals surface area contributed by atoms with Crippen molar-refractivity contribution in [1.29, 1.82) is 0 Å². The van der Waals surface area contributed by atoms with Crippen molar-refractivity contribution in [2.45, 2.75) is 39.8 Å².